The highest BCUT2D eigenvalue weighted by molar-refractivity contribution is 5.78. The fraction of sp³-hybridized carbons (Fsp3) is 0.400. The molecule has 0 fully saturated rings. The van der Waals surface area contributed by atoms with Crippen LogP contribution in [0.15, 0.2) is 48.1 Å². The zero-order valence-corrected chi connectivity index (χ0v) is 11.0. The second kappa shape index (κ2) is 4.58. The minimum Gasteiger partial charge on any atom is -0.480 e. The van der Waals surface area contributed by atoms with Gasteiger partial charge in [0.2, 0.25) is 0 Å². The predicted octanol–water partition coefficient (Wildman–Crippen LogP) is 2.25. The van der Waals surface area contributed by atoms with Gasteiger partial charge in [-0.3, -0.25) is 9.69 Å². The third-order valence-corrected chi connectivity index (χ3v) is 3.71. The molecule has 0 heterocycles. The van der Waals surface area contributed by atoms with E-state index in [0.717, 1.165) is 5.57 Å². The third-order valence-electron chi connectivity index (χ3n) is 3.71. The quantitative estimate of drug-likeness (QED) is 0.829. The molecule has 96 valence electrons. The molecule has 0 aliphatic heterocycles. The molecule has 0 aromatic carbocycles. The van der Waals surface area contributed by atoms with Gasteiger partial charge < -0.3 is 5.11 Å². The summed E-state index contributed by atoms with van der Waals surface area (Å²) in [6, 6.07) is -0.574. The maximum absolute atomic E-state index is 11.5. The van der Waals surface area contributed by atoms with Gasteiger partial charge in [-0.05, 0) is 19.7 Å². The van der Waals surface area contributed by atoms with Crippen LogP contribution in [-0.2, 0) is 4.79 Å². The molecule has 3 unspecified atom stereocenters. The Kier molecular flexibility index (Phi) is 3.26. The summed E-state index contributed by atoms with van der Waals surface area (Å²) in [6.07, 6.45) is 14.3. The van der Waals surface area contributed by atoms with Crippen molar-refractivity contribution in [2.24, 2.45) is 11.3 Å². The van der Waals surface area contributed by atoms with E-state index in [1.54, 1.807) is 19.0 Å². The van der Waals surface area contributed by atoms with Gasteiger partial charge in [0, 0.05) is 11.3 Å². The molecule has 0 aromatic heterocycles. The van der Waals surface area contributed by atoms with Crippen molar-refractivity contribution in [2.75, 3.05) is 14.1 Å². The average molecular weight is 245 g/mol. The van der Waals surface area contributed by atoms with Gasteiger partial charge in [-0.25, -0.2) is 0 Å². The Balaban J connectivity index is 2.42. The highest BCUT2D eigenvalue weighted by Gasteiger charge is 2.39. The van der Waals surface area contributed by atoms with Crippen LogP contribution in [0.2, 0.25) is 0 Å². The number of carbonyl (C=O) groups is 1. The molecular formula is C15H19NO2. The maximum Gasteiger partial charge on any atom is 0.325 e. The summed E-state index contributed by atoms with van der Waals surface area (Å²) >= 11 is 0. The molecular weight excluding hydrogens is 226 g/mol. The highest BCUT2D eigenvalue weighted by Crippen LogP contribution is 2.43. The van der Waals surface area contributed by atoms with Crippen molar-refractivity contribution in [1.82, 2.24) is 4.90 Å². The van der Waals surface area contributed by atoms with E-state index in [1.165, 1.54) is 0 Å². The number of carboxylic acid groups (broad SMARTS) is 1. The van der Waals surface area contributed by atoms with Crippen molar-refractivity contribution in [3.8, 4) is 0 Å². The van der Waals surface area contributed by atoms with E-state index in [-0.39, 0.29) is 11.3 Å². The topological polar surface area (TPSA) is 40.5 Å². The molecule has 1 N–H and O–H groups in total. The van der Waals surface area contributed by atoms with Gasteiger partial charge in [-0.1, -0.05) is 49.5 Å². The number of hydrogen-bond acceptors (Lipinski definition) is 2. The summed E-state index contributed by atoms with van der Waals surface area (Å²) in [7, 11) is 3.61. The van der Waals surface area contributed by atoms with Crippen LogP contribution >= 0.6 is 0 Å². The summed E-state index contributed by atoms with van der Waals surface area (Å²) < 4.78 is 0. The lowest BCUT2D eigenvalue weighted by Gasteiger charge is -2.39. The van der Waals surface area contributed by atoms with Gasteiger partial charge in [-0.2, -0.15) is 0 Å². The molecule has 0 radical (unpaired) electrons. The van der Waals surface area contributed by atoms with E-state index in [1.807, 2.05) is 24.3 Å². The number of carboxylic acids is 1. The first-order valence-corrected chi connectivity index (χ1v) is 6.10. The molecule has 3 heteroatoms. The first-order chi connectivity index (χ1) is 8.46. The summed E-state index contributed by atoms with van der Waals surface area (Å²) in [6.45, 7) is 2.13. The van der Waals surface area contributed by atoms with Crippen LogP contribution in [0.4, 0.5) is 0 Å². The molecule has 3 atom stereocenters. The fourth-order valence-corrected chi connectivity index (χ4v) is 2.77. The molecule has 2 rings (SSSR count). The minimum atomic E-state index is -0.799. The maximum atomic E-state index is 11.5. The van der Waals surface area contributed by atoms with Crippen molar-refractivity contribution in [1.29, 1.82) is 0 Å². The first kappa shape index (κ1) is 12.8. The van der Waals surface area contributed by atoms with Gasteiger partial charge in [0.25, 0.3) is 0 Å². The normalized spacial score (nSPS) is 31.1. The van der Waals surface area contributed by atoms with Crippen LogP contribution in [0.5, 0.6) is 0 Å². The predicted molar refractivity (Wildman–Crippen MR) is 72.2 cm³/mol. The number of allylic oxidation sites excluding steroid dienone is 7. The average Bonchev–Trinajstić information content (AvgIpc) is 2.27. The van der Waals surface area contributed by atoms with Gasteiger partial charge in [0.05, 0.1) is 0 Å². The van der Waals surface area contributed by atoms with Crippen molar-refractivity contribution in [3.63, 3.8) is 0 Å². The van der Waals surface area contributed by atoms with Crippen LogP contribution < -0.4 is 0 Å². The molecule has 0 bridgehead atoms. The molecule has 2 aliphatic rings. The standard InChI is InChI=1S/C15H19NO2/c1-15-9-5-4-8-12(15)11(7-6-10-15)13(14(17)18)16(2)3/h4-10,12-13H,1-3H3,(H,17,18). The smallest absolute Gasteiger partial charge is 0.325 e. The lowest BCUT2D eigenvalue weighted by Crippen LogP contribution is -2.43. The Morgan fingerprint density at radius 3 is 2.61 bits per heavy atom. The summed E-state index contributed by atoms with van der Waals surface area (Å²) in [5, 5.41) is 9.42. The Morgan fingerprint density at radius 1 is 1.33 bits per heavy atom. The molecule has 0 saturated carbocycles. The van der Waals surface area contributed by atoms with E-state index in [9.17, 15) is 9.90 Å². The summed E-state index contributed by atoms with van der Waals surface area (Å²) in [5.41, 5.74) is 0.834. The zero-order chi connectivity index (χ0) is 13.3. The van der Waals surface area contributed by atoms with Gasteiger partial charge in [0.15, 0.2) is 0 Å². The zero-order valence-electron chi connectivity index (χ0n) is 11.0. The van der Waals surface area contributed by atoms with E-state index < -0.39 is 12.0 Å². The van der Waals surface area contributed by atoms with Crippen molar-refractivity contribution < 1.29 is 9.90 Å². The van der Waals surface area contributed by atoms with Crippen LogP contribution in [0.1, 0.15) is 6.92 Å². The largest absolute Gasteiger partial charge is 0.480 e. The molecule has 0 aromatic rings. The van der Waals surface area contributed by atoms with E-state index in [2.05, 4.69) is 25.2 Å². The van der Waals surface area contributed by atoms with Crippen molar-refractivity contribution in [2.45, 2.75) is 13.0 Å². The number of hydrogen-bond donors (Lipinski definition) is 1. The molecule has 0 amide bonds. The number of likely N-dealkylation sites (N-methyl/N-ethyl adjacent to an activating group) is 1. The van der Waals surface area contributed by atoms with E-state index in [4.69, 9.17) is 0 Å². The minimum absolute atomic E-state index is 0.109. The van der Waals surface area contributed by atoms with Crippen LogP contribution in [0.25, 0.3) is 0 Å². The molecule has 2 aliphatic carbocycles. The Labute approximate surface area is 108 Å². The molecule has 18 heavy (non-hydrogen) atoms. The van der Waals surface area contributed by atoms with Gasteiger partial charge in [0.1, 0.15) is 6.04 Å². The van der Waals surface area contributed by atoms with Crippen LogP contribution in [0, 0.1) is 11.3 Å². The highest BCUT2D eigenvalue weighted by atomic mass is 16.4. The summed E-state index contributed by atoms with van der Waals surface area (Å²) in [4.78, 5) is 13.2. The number of nitrogens with zero attached hydrogens (tertiary/aromatic N) is 1. The first-order valence-electron chi connectivity index (χ1n) is 6.10. The lowest BCUT2D eigenvalue weighted by molar-refractivity contribution is -0.141. The monoisotopic (exact) mass is 245 g/mol. The van der Waals surface area contributed by atoms with Crippen molar-refractivity contribution in [3.05, 3.63) is 48.1 Å². The van der Waals surface area contributed by atoms with Crippen LogP contribution in [-0.4, -0.2) is 36.1 Å². The molecule has 0 saturated heterocycles. The van der Waals surface area contributed by atoms with E-state index in [0.29, 0.717) is 0 Å². The Morgan fingerprint density at radius 2 is 2.00 bits per heavy atom. The molecule has 3 nitrogen and oxygen atoms in total. The Hall–Kier alpha value is -1.61. The number of aliphatic carboxylic acids is 1. The van der Waals surface area contributed by atoms with Crippen molar-refractivity contribution >= 4 is 5.97 Å². The molecule has 0 spiro atoms. The summed E-state index contributed by atoms with van der Waals surface area (Å²) in [5.74, 6) is -0.678. The number of fused-ring (bicyclic) bond motifs is 1. The van der Waals surface area contributed by atoms with Gasteiger partial charge >= 0.3 is 5.97 Å². The lowest BCUT2D eigenvalue weighted by atomic mass is 9.67. The SMILES string of the molecule is CN(C)C(C(=O)O)C1=CC=CC2(C)C=CC=CC12. The van der Waals surface area contributed by atoms with Gasteiger partial charge in [-0.15, -0.1) is 0 Å². The second-order valence-electron chi connectivity index (χ2n) is 5.32. The van der Waals surface area contributed by atoms with Crippen LogP contribution in [0.3, 0.4) is 0 Å². The number of rotatable bonds is 3. The van der Waals surface area contributed by atoms with E-state index >= 15 is 0 Å². The Bertz CT molecular complexity index is 471. The third kappa shape index (κ3) is 2.06. The second-order valence-corrected chi connectivity index (χ2v) is 5.32. The fourth-order valence-electron chi connectivity index (χ4n) is 2.77.